The molecule has 12 heavy (non-hydrogen) atoms. The zero-order chi connectivity index (χ0) is 8.34. The van der Waals surface area contributed by atoms with Crippen molar-refractivity contribution in [1.82, 2.24) is 0 Å². The summed E-state index contributed by atoms with van der Waals surface area (Å²) in [6, 6.07) is -0.170. The van der Waals surface area contributed by atoms with Gasteiger partial charge in [-0.15, -0.1) is 0 Å². The molecular formula is C9H12FNO. The lowest BCUT2D eigenvalue weighted by atomic mass is 9.91. The van der Waals surface area contributed by atoms with Gasteiger partial charge in [0.2, 0.25) is 0 Å². The van der Waals surface area contributed by atoms with Crippen molar-refractivity contribution in [3.8, 4) is 0 Å². The van der Waals surface area contributed by atoms with E-state index in [9.17, 15) is 4.39 Å². The summed E-state index contributed by atoms with van der Waals surface area (Å²) in [5, 5.41) is 0. The summed E-state index contributed by atoms with van der Waals surface area (Å²) in [5.74, 6) is -0.294. The zero-order valence-electron chi connectivity index (χ0n) is 7.09. The second-order valence-corrected chi connectivity index (χ2v) is 4.16. The fourth-order valence-electron chi connectivity index (χ4n) is 3.01. The Morgan fingerprint density at radius 2 is 2.42 bits per heavy atom. The predicted octanol–water partition coefficient (Wildman–Crippen LogP) is 1.90. The van der Waals surface area contributed by atoms with Gasteiger partial charge in [-0.1, -0.05) is 0 Å². The molecule has 0 radical (unpaired) electrons. The van der Waals surface area contributed by atoms with Crippen LogP contribution >= 0.6 is 0 Å². The molecule has 3 rings (SSSR count). The Morgan fingerprint density at radius 3 is 3.17 bits per heavy atom. The topological polar surface area (TPSA) is 21.6 Å². The van der Waals surface area contributed by atoms with Gasteiger partial charge in [-0.25, -0.2) is 4.99 Å². The van der Waals surface area contributed by atoms with Crippen molar-refractivity contribution >= 4 is 5.90 Å². The molecule has 66 valence electrons. The van der Waals surface area contributed by atoms with Gasteiger partial charge in [0.1, 0.15) is 6.04 Å². The first-order valence-corrected chi connectivity index (χ1v) is 4.62. The van der Waals surface area contributed by atoms with Gasteiger partial charge < -0.3 is 4.74 Å². The number of fused-ring (bicyclic) bond motifs is 5. The average Bonchev–Trinajstić information content (AvgIpc) is 2.57. The van der Waals surface area contributed by atoms with Crippen molar-refractivity contribution < 1.29 is 9.13 Å². The third-order valence-electron chi connectivity index (χ3n) is 3.50. The number of halogens is 1. The number of hydrogen-bond acceptors (Lipinski definition) is 2. The number of aliphatic imine (C=N–C) groups is 1. The molecule has 3 heteroatoms. The van der Waals surface area contributed by atoms with Crippen LogP contribution < -0.4 is 0 Å². The molecule has 0 unspecified atom stereocenters. The van der Waals surface area contributed by atoms with E-state index in [4.69, 9.17) is 4.74 Å². The normalized spacial score (nSPS) is 55.2. The Balaban J connectivity index is 2.02. The van der Waals surface area contributed by atoms with Gasteiger partial charge in [-0.3, -0.25) is 0 Å². The quantitative estimate of drug-likeness (QED) is 0.542. The molecule has 0 amide bonds. The highest BCUT2D eigenvalue weighted by Gasteiger charge is 2.64. The summed E-state index contributed by atoms with van der Waals surface area (Å²) < 4.78 is 19.3. The van der Waals surface area contributed by atoms with E-state index < -0.39 is 5.85 Å². The summed E-state index contributed by atoms with van der Waals surface area (Å²) in [7, 11) is 0. The van der Waals surface area contributed by atoms with Crippen molar-refractivity contribution in [3.05, 3.63) is 0 Å². The predicted molar refractivity (Wildman–Crippen MR) is 42.7 cm³/mol. The molecule has 2 saturated carbocycles. The number of nitrogens with zero attached hydrogens (tertiary/aromatic N) is 1. The van der Waals surface area contributed by atoms with Crippen molar-refractivity contribution in [2.75, 3.05) is 0 Å². The minimum atomic E-state index is -1.41. The van der Waals surface area contributed by atoms with Crippen LogP contribution in [0.3, 0.4) is 0 Å². The van der Waals surface area contributed by atoms with Gasteiger partial charge in [0, 0.05) is 12.8 Å². The van der Waals surface area contributed by atoms with Gasteiger partial charge >= 0.3 is 0 Å². The van der Waals surface area contributed by atoms with Crippen molar-refractivity contribution in [1.29, 1.82) is 0 Å². The number of ether oxygens (including phenoxy) is 1. The van der Waals surface area contributed by atoms with Crippen LogP contribution in [-0.4, -0.2) is 17.8 Å². The second-order valence-electron chi connectivity index (χ2n) is 4.16. The van der Waals surface area contributed by atoms with Crippen molar-refractivity contribution in [3.63, 3.8) is 0 Å². The Kier molecular flexibility index (Phi) is 1.05. The Bertz CT molecular complexity index is 265. The van der Waals surface area contributed by atoms with Gasteiger partial charge in [0.25, 0.3) is 5.85 Å². The van der Waals surface area contributed by atoms with E-state index in [-0.39, 0.29) is 12.0 Å². The van der Waals surface area contributed by atoms with Crippen LogP contribution in [0.25, 0.3) is 0 Å². The first-order valence-electron chi connectivity index (χ1n) is 4.62. The molecule has 0 aromatic carbocycles. The number of rotatable bonds is 0. The van der Waals surface area contributed by atoms with E-state index in [1.165, 1.54) is 0 Å². The Labute approximate surface area is 70.8 Å². The molecule has 2 fully saturated rings. The second kappa shape index (κ2) is 1.83. The van der Waals surface area contributed by atoms with Gasteiger partial charge in [-0.05, 0) is 25.2 Å². The largest absolute Gasteiger partial charge is 0.443 e. The Morgan fingerprint density at radius 1 is 1.58 bits per heavy atom. The maximum absolute atomic E-state index is 14.1. The molecule has 3 aliphatic rings. The van der Waals surface area contributed by atoms with Gasteiger partial charge in [-0.2, -0.15) is 4.39 Å². The smallest absolute Gasteiger partial charge is 0.274 e. The fourth-order valence-corrected chi connectivity index (χ4v) is 3.01. The molecule has 0 saturated heterocycles. The van der Waals surface area contributed by atoms with Crippen LogP contribution in [-0.2, 0) is 4.74 Å². The summed E-state index contributed by atoms with van der Waals surface area (Å²) >= 11 is 0. The van der Waals surface area contributed by atoms with Crippen molar-refractivity contribution in [2.24, 2.45) is 16.8 Å². The third-order valence-corrected chi connectivity index (χ3v) is 3.50. The van der Waals surface area contributed by atoms with Gasteiger partial charge in [0.05, 0.1) is 0 Å². The highest BCUT2D eigenvalue weighted by Crippen LogP contribution is 2.56. The van der Waals surface area contributed by atoms with E-state index in [0.29, 0.717) is 11.8 Å². The summed E-state index contributed by atoms with van der Waals surface area (Å²) in [4.78, 5) is 4.22. The average molecular weight is 169 g/mol. The minimum absolute atomic E-state index is 0.119. The van der Waals surface area contributed by atoms with E-state index >= 15 is 0 Å². The highest BCUT2D eigenvalue weighted by atomic mass is 19.2. The SMILES string of the molecule is CC1=N[C@@H]2[C@H]3CC[C@H](C3)[C@]2(F)O1. The molecular weight excluding hydrogens is 157 g/mol. The van der Waals surface area contributed by atoms with Crippen LogP contribution in [0.4, 0.5) is 4.39 Å². The summed E-state index contributed by atoms with van der Waals surface area (Å²) in [6.45, 7) is 1.75. The lowest BCUT2D eigenvalue weighted by molar-refractivity contribution is -0.110. The van der Waals surface area contributed by atoms with Crippen LogP contribution in [0.15, 0.2) is 4.99 Å². The van der Waals surface area contributed by atoms with Crippen LogP contribution in [0.1, 0.15) is 26.2 Å². The summed E-state index contributed by atoms with van der Waals surface area (Å²) in [5.41, 5.74) is 0. The minimum Gasteiger partial charge on any atom is -0.443 e. The standard InChI is InChI=1S/C9H12FNO/c1-5-11-8-6-2-3-7(4-6)9(8,10)12-5/h6-8H,2-4H2,1H3/t6-,7+,8+,9-/m0/s1. The summed E-state index contributed by atoms with van der Waals surface area (Å²) in [6.07, 6.45) is 3.11. The molecule has 2 nitrogen and oxygen atoms in total. The molecule has 2 aliphatic carbocycles. The lowest BCUT2D eigenvalue weighted by Gasteiger charge is -2.28. The Hall–Kier alpha value is -0.600. The van der Waals surface area contributed by atoms with E-state index in [1.54, 1.807) is 6.92 Å². The maximum Gasteiger partial charge on any atom is 0.274 e. The molecule has 1 heterocycles. The lowest BCUT2D eigenvalue weighted by Crippen LogP contribution is -2.40. The molecule has 0 aromatic rings. The van der Waals surface area contributed by atoms with E-state index in [2.05, 4.69) is 4.99 Å². The maximum atomic E-state index is 14.1. The highest BCUT2D eigenvalue weighted by molar-refractivity contribution is 5.76. The number of hydrogen-bond donors (Lipinski definition) is 0. The molecule has 0 spiro atoms. The van der Waals surface area contributed by atoms with Crippen LogP contribution in [0.5, 0.6) is 0 Å². The molecule has 0 N–H and O–H groups in total. The first-order chi connectivity index (χ1) is 5.70. The molecule has 4 atom stereocenters. The molecule has 1 aliphatic heterocycles. The van der Waals surface area contributed by atoms with Crippen molar-refractivity contribution in [2.45, 2.75) is 38.1 Å². The fraction of sp³-hybridized carbons (Fsp3) is 0.889. The monoisotopic (exact) mass is 169 g/mol. The third kappa shape index (κ3) is 0.595. The zero-order valence-corrected chi connectivity index (χ0v) is 7.09. The van der Waals surface area contributed by atoms with E-state index in [1.807, 2.05) is 0 Å². The molecule has 2 bridgehead atoms. The van der Waals surface area contributed by atoms with Crippen LogP contribution in [0.2, 0.25) is 0 Å². The molecule has 0 aromatic heterocycles. The first kappa shape index (κ1) is 6.87. The van der Waals surface area contributed by atoms with E-state index in [0.717, 1.165) is 19.3 Å². The number of alkyl halides is 1. The van der Waals surface area contributed by atoms with Gasteiger partial charge in [0.15, 0.2) is 5.90 Å². The van der Waals surface area contributed by atoms with Crippen LogP contribution in [0, 0.1) is 11.8 Å².